The second-order valence-corrected chi connectivity index (χ2v) is 13.8. The maximum atomic E-state index is 12.4. The van der Waals surface area contributed by atoms with Gasteiger partial charge in [-0.3, -0.25) is 9.36 Å². The summed E-state index contributed by atoms with van der Waals surface area (Å²) in [5.41, 5.74) is 6.34. The van der Waals surface area contributed by atoms with Crippen LogP contribution in [-0.2, 0) is 19.7 Å². The summed E-state index contributed by atoms with van der Waals surface area (Å²) in [6, 6.07) is 0.0526. The highest BCUT2D eigenvalue weighted by molar-refractivity contribution is 8.00. The minimum Gasteiger partial charge on any atom is -0.387 e. The van der Waals surface area contributed by atoms with Gasteiger partial charge in [-0.25, -0.2) is 24.5 Å². The summed E-state index contributed by atoms with van der Waals surface area (Å²) in [5, 5.41) is 27.0. The van der Waals surface area contributed by atoms with Gasteiger partial charge in [-0.05, 0) is 32.5 Å². The molecular formula is C26H44N10O7S2. The Morgan fingerprint density at radius 2 is 1.89 bits per heavy atom. The van der Waals surface area contributed by atoms with Crippen molar-refractivity contribution in [2.24, 2.45) is 0 Å². The van der Waals surface area contributed by atoms with Gasteiger partial charge in [0.05, 0.1) is 18.4 Å². The first kappa shape index (κ1) is 35.1. The van der Waals surface area contributed by atoms with E-state index in [1.54, 1.807) is 11.8 Å². The standard InChI is InChI=1S/C20H29N9O7S2.C6H15N/c21-17-14-18(23-7-22-17)29(8-24-14)19-16(32)15(31)10(36-19)5-25-38(34,35)28-12(30)4-2-1-3-11-13-9(6-37-11)26-20(33)27-13;1-4-7(5-2)6-3/h7-11,13,15-16,19,25,31-32H,1-6H2,(H,28,30)(H2,21,22,23)(H2,26,27,33);4-6H2,1-3H3/t9-,10+,11-,13-,15+,16+,19+;/m0./s1. The molecule has 0 aromatic carbocycles. The van der Waals surface area contributed by atoms with Crippen LogP contribution in [0.1, 0.15) is 52.7 Å². The molecule has 5 heterocycles. The number of imidazole rings is 1. The van der Waals surface area contributed by atoms with Gasteiger partial charge in [0.2, 0.25) is 5.91 Å². The smallest absolute Gasteiger partial charge is 0.315 e. The fourth-order valence-corrected chi connectivity index (χ4v) is 7.96. The molecule has 7 atom stereocenters. The quantitative estimate of drug-likeness (QED) is 0.101. The number of aromatic nitrogens is 4. The third-order valence-corrected chi connectivity index (χ3v) is 10.7. The second kappa shape index (κ2) is 15.7. The minimum atomic E-state index is -4.23. The molecule has 3 aliphatic heterocycles. The van der Waals surface area contributed by atoms with Crippen LogP contribution in [0.25, 0.3) is 11.2 Å². The normalized spacial score (nSPS) is 27.6. The summed E-state index contributed by atoms with van der Waals surface area (Å²) in [6.07, 6.45) is -0.494. The number of ether oxygens (including phenoxy) is 1. The molecule has 17 nitrogen and oxygen atoms in total. The van der Waals surface area contributed by atoms with Gasteiger partial charge in [0.25, 0.3) is 0 Å². The zero-order chi connectivity index (χ0) is 32.7. The number of rotatable bonds is 13. The number of fused-ring (bicyclic) bond motifs is 2. The lowest BCUT2D eigenvalue weighted by molar-refractivity contribution is -0.119. The van der Waals surface area contributed by atoms with Crippen LogP contribution in [0.3, 0.4) is 0 Å². The van der Waals surface area contributed by atoms with Gasteiger partial charge in [-0.2, -0.15) is 24.9 Å². The summed E-state index contributed by atoms with van der Waals surface area (Å²) < 4.78 is 35.9. The molecule has 2 aromatic rings. The highest BCUT2D eigenvalue weighted by Crippen LogP contribution is 2.33. The zero-order valence-corrected chi connectivity index (χ0v) is 27.3. The summed E-state index contributed by atoms with van der Waals surface area (Å²) >= 11 is 1.77. The number of thioether (sulfide) groups is 1. The van der Waals surface area contributed by atoms with E-state index in [0.717, 1.165) is 12.2 Å². The van der Waals surface area contributed by atoms with Crippen LogP contribution in [0.2, 0.25) is 0 Å². The molecule has 8 N–H and O–H groups in total. The number of amides is 3. The molecule has 0 radical (unpaired) electrons. The summed E-state index contributed by atoms with van der Waals surface area (Å²) in [5.74, 6) is 0.308. The molecule has 3 aliphatic rings. The van der Waals surface area contributed by atoms with E-state index < -0.39 is 47.2 Å². The predicted octanol–water partition coefficient (Wildman–Crippen LogP) is -0.948. The molecule has 2 aromatic heterocycles. The molecule has 3 fully saturated rings. The Labute approximate surface area is 266 Å². The van der Waals surface area contributed by atoms with Crippen molar-refractivity contribution in [2.75, 3.05) is 37.7 Å². The lowest BCUT2D eigenvalue weighted by Crippen LogP contribution is -2.45. The van der Waals surface area contributed by atoms with Crippen LogP contribution in [0, 0.1) is 0 Å². The molecule has 0 unspecified atom stereocenters. The first-order valence-corrected chi connectivity index (χ1v) is 17.7. The maximum Gasteiger partial charge on any atom is 0.315 e. The number of unbranched alkanes of at least 4 members (excludes halogenated alkanes) is 1. The Hall–Kier alpha value is -2.81. The number of aliphatic hydroxyl groups is 2. The van der Waals surface area contributed by atoms with Crippen LogP contribution < -0.4 is 25.8 Å². The summed E-state index contributed by atoms with van der Waals surface area (Å²) in [7, 11) is -4.23. The largest absolute Gasteiger partial charge is 0.387 e. The van der Waals surface area contributed by atoms with E-state index in [1.807, 2.05) is 4.72 Å². The van der Waals surface area contributed by atoms with Gasteiger partial charge in [0.1, 0.15) is 30.2 Å². The molecule has 3 amide bonds. The number of hydrogen-bond donors (Lipinski definition) is 7. The highest BCUT2D eigenvalue weighted by Gasteiger charge is 2.45. The highest BCUT2D eigenvalue weighted by atomic mass is 32.2. The Bertz CT molecular complexity index is 1400. The van der Waals surface area contributed by atoms with Gasteiger partial charge in [-0.15, -0.1) is 0 Å². The Morgan fingerprint density at radius 1 is 1.16 bits per heavy atom. The van der Waals surface area contributed by atoms with E-state index in [4.69, 9.17) is 10.5 Å². The van der Waals surface area contributed by atoms with Crippen LogP contribution in [0.15, 0.2) is 12.7 Å². The molecule has 45 heavy (non-hydrogen) atoms. The van der Waals surface area contributed by atoms with E-state index in [9.17, 15) is 28.2 Å². The summed E-state index contributed by atoms with van der Waals surface area (Å²) in [4.78, 5) is 38.0. The average Bonchev–Trinajstić information content (AvgIpc) is 3.76. The van der Waals surface area contributed by atoms with Crippen molar-refractivity contribution in [2.45, 2.75) is 88.3 Å². The van der Waals surface area contributed by atoms with Crippen LogP contribution in [0.4, 0.5) is 10.6 Å². The van der Waals surface area contributed by atoms with Gasteiger partial charge in [0.15, 0.2) is 17.7 Å². The first-order chi connectivity index (χ1) is 21.5. The number of nitrogens with one attached hydrogen (secondary N) is 4. The lowest BCUT2D eigenvalue weighted by Gasteiger charge is -2.17. The SMILES string of the molecule is CCN(CC)CC.Nc1ncnc2c1ncn2[C@@H]1O[C@H](CNS(=O)(=O)NC(=O)CCCC[C@@H]2SC[C@@H]3NC(=O)N[C@@H]32)[C@@H](O)[C@H]1O. The Kier molecular flexibility index (Phi) is 12.2. The maximum absolute atomic E-state index is 12.4. The molecule has 0 bridgehead atoms. The number of hydrogen-bond acceptors (Lipinski definition) is 13. The van der Waals surface area contributed by atoms with Crippen molar-refractivity contribution in [1.29, 1.82) is 0 Å². The number of nitrogens with two attached hydrogens (primary N) is 1. The van der Waals surface area contributed by atoms with E-state index in [1.165, 1.54) is 36.9 Å². The molecule has 0 aliphatic carbocycles. The van der Waals surface area contributed by atoms with Crippen molar-refractivity contribution >= 4 is 50.9 Å². The van der Waals surface area contributed by atoms with Crippen LogP contribution in [0.5, 0.6) is 0 Å². The molecule has 3 saturated heterocycles. The molecule has 0 spiro atoms. The topological polar surface area (TPSA) is 239 Å². The molecule has 0 saturated carbocycles. The Balaban J connectivity index is 0.000000591. The monoisotopic (exact) mass is 672 g/mol. The number of urea groups is 1. The second-order valence-electron chi connectivity index (χ2n) is 11.0. The summed E-state index contributed by atoms with van der Waals surface area (Å²) in [6.45, 7) is 9.72. The fraction of sp³-hybridized carbons (Fsp3) is 0.731. The minimum absolute atomic E-state index is 0.0129. The average molecular weight is 673 g/mol. The number of aliphatic hydroxyl groups excluding tert-OH is 2. The molecular weight excluding hydrogens is 628 g/mol. The Morgan fingerprint density at radius 3 is 2.58 bits per heavy atom. The van der Waals surface area contributed by atoms with Gasteiger partial charge in [0, 0.05) is 24.0 Å². The van der Waals surface area contributed by atoms with E-state index in [-0.39, 0.29) is 46.8 Å². The third-order valence-electron chi connectivity index (χ3n) is 8.14. The van der Waals surface area contributed by atoms with Crippen LogP contribution in [-0.4, -0.2) is 123 Å². The molecule has 5 rings (SSSR count). The van der Waals surface area contributed by atoms with E-state index in [2.05, 4.69) is 56.0 Å². The molecule has 252 valence electrons. The van der Waals surface area contributed by atoms with E-state index in [0.29, 0.717) is 12.8 Å². The van der Waals surface area contributed by atoms with Crippen molar-refractivity contribution in [3.63, 3.8) is 0 Å². The first-order valence-electron chi connectivity index (χ1n) is 15.1. The lowest BCUT2D eigenvalue weighted by atomic mass is 10.0. The van der Waals surface area contributed by atoms with E-state index >= 15 is 0 Å². The number of nitrogens with zero attached hydrogens (tertiary/aromatic N) is 5. The third kappa shape index (κ3) is 8.72. The number of carbonyl (C=O) groups excluding carboxylic acids is 2. The van der Waals surface area contributed by atoms with Gasteiger partial charge in [-0.1, -0.05) is 27.2 Å². The number of nitrogen functional groups attached to an aromatic ring is 1. The van der Waals surface area contributed by atoms with Crippen molar-refractivity contribution in [3.05, 3.63) is 12.7 Å². The van der Waals surface area contributed by atoms with Gasteiger partial charge < -0.3 is 36.2 Å². The predicted molar refractivity (Wildman–Crippen MR) is 168 cm³/mol. The van der Waals surface area contributed by atoms with Gasteiger partial charge >= 0.3 is 16.2 Å². The van der Waals surface area contributed by atoms with Crippen molar-refractivity contribution < 1.29 is 33.0 Å². The van der Waals surface area contributed by atoms with Crippen LogP contribution >= 0.6 is 11.8 Å². The van der Waals surface area contributed by atoms with Crippen molar-refractivity contribution in [1.82, 2.24) is 44.5 Å². The number of carbonyl (C=O) groups is 2. The number of anilines is 1. The fourth-order valence-electron chi connectivity index (χ4n) is 5.56. The zero-order valence-electron chi connectivity index (χ0n) is 25.6. The molecule has 19 heteroatoms. The van der Waals surface area contributed by atoms with Crippen molar-refractivity contribution in [3.8, 4) is 0 Å².